The van der Waals surface area contributed by atoms with Gasteiger partial charge in [0.15, 0.2) is 0 Å². The van der Waals surface area contributed by atoms with E-state index in [0.717, 1.165) is 11.5 Å². The molecule has 2 N–H and O–H groups in total. The summed E-state index contributed by atoms with van der Waals surface area (Å²) >= 11 is 1.80. The maximum atomic E-state index is 11.9. The van der Waals surface area contributed by atoms with Gasteiger partial charge in [-0.15, -0.1) is 0 Å². The standard InChI is InChI=1S/C11H20N2O4S/c1-17-6-2-3-9(10(14)15)12-11(16)13-4-7-18-8-5-13/h9H,2-8H2,1H3,(H,12,16)(H,14,15). The van der Waals surface area contributed by atoms with E-state index in [0.29, 0.717) is 32.5 Å². The van der Waals surface area contributed by atoms with Crippen LogP contribution < -0.4 is 5.32 Å². The van der Waals surface area contributed by atoms with Gasteiger partial charge in [0.2, 0.25) is 0 Å². The largest absolute Gasteiger partial charge is 0.480 e. The Balaban J connectivity index is 2.38. The summed E-state index contributed by atoms with van der Waals surface area (Å²) in [5.41, 5.74) is 0. The van der Waals surface area contributed by atoms with Crippen molar-refractivity contribution < 1.29 is 19.4 Å². The summed E-state index contributed by atoms with van der Waals surface area (Å²) in [6, 6.07) is -1.11. The fraction of sp³-hybridized carbons (Fsp3) is 0.818. The molecule has 0 aromatic heterocycles. The lowest BCUT2D eigenvalue weighted by Gasteiger charge is -2.28. The molecule has 0 bridgehead atoms. The Morgan fingerprint density at radius 2 is 2.11 bits per heavy atom. The third-order valence-corrected chi connectivity index (χ3v) is 3.68. The van der Waals surface area contributed by atoms with Crippen molar-refractivity contribution in [3.05, 3.63) is 0 Å². The van der Waals surface area contributed by atoms with Crippen LogP contribution in [0, 0.1) is 0 Å². The van der Waals surface area contributed by atoms with Crippen LogP contribution >= 0.6 is 11.8 Å². The number of nitrogens with one attached hydrogen (secondary N) is 1. The van der Waals surface area contributed by atoms with Gasteiger partial charge in [-0.2, -0.15) is 11.8 Å². The first-order valence-corrected chi connectivity index (χ1v) is 7.15. The third kappa shape index (κ3) is 5.14. The van der Waals surface area contributed by atoms with E-state index in [2.05, 4.69) is 5.32 Å². The molecular formula is C11H20N2O4S. The molecule has 7 heteroatoms. The van der Waals surface area contributed by atoms with Gasteiger partial charge in [-0.3, -0.25) is 0 Å². The van der Waals surface area contributed by atoms with Crippen LogP contribution in [-0.2, 0) is 9.53 Å². The van der Waals surface area contributed by atoms with Gasteiger partial charge in [-0.1, -0.05) is 0 Å². The van der Waals surface area contributed by atoms with Gasteiger partial charge in [0.05, 0.1) is 0 Å². The molecule has 1 heterocycles. The van der Waals surface area contributed by atoms with Crippen LogP contribution in [-0.4, -0.2) is 66.4 Å². The molecule has 0 saturated carbocycles. The molecule has 1 atom stereocenters. The van der Waals surface area contributed by atoms with Crippen molar-refractivity contribution in [2.45, 2.75) is 18.9 Å². The molecule has 0 aliphatic carbocycles. The van der Waals surface area contributed by atoms with Crippen molar-refractivity contribution in [3.8, 4) is 0 Å². The second kappa shape index (κ2) is 8.20. The molecular weight excluding hydrogens is 256 g/mol. The molecule has 1 unspecified atom stereocenters. The van der Waals surface area contributed by atoms with Crippen LogP contribution in [0.15, 0.2) is 0 Å². The number of urea groups is 1. The van der Waals surface area contributed by atoms with Gasteiger partial charge in [0, 0.05) is 38.3 Å². The number of carbonyl (C=O) groups excluding carboxylic acids is 1. The summed E-state index contributed by atoms with van der Waals surface area (Å²) in [4.78, 5) is 24.6. The van der Waals surface area contributed by atoms with E-state index in [1.807, 2.05) is 0 Å². The SMILES string of the molecule is COCCCC(NC(=O)N1CCSCC1)C(=O)O. The normalized spacial score (nSPS) is 17.3. The van der Waals surface area contributed by atoms with E-state index in [1.165, 1.54) is 0 Å². The summed E-state index contributed by atoms with van der Waals surface area (Å²) in [6.07, 6.45) is 1.00. The molecule has 1 fully saturated rings. The number of hydrogen-bond acceptors (Lipinski definition) is 4. The van der Waals surface area contributed by atoms with Crippen LogP contribution in [0.5, 0.6) is 0 Å². The smallest absolute Gasteiger partial charge is 0.326 e. The van der Waals surface area contributed by atoms with Crippen molar-refractivity contribution in [1.29, 1.82) is 0 Å². The molecule has 0 aromatic carbocycles. The molecule has 0 radical (unpaired) electrons. The number of hydrogen-bond donors (Lipinski definition) is 2. The second-order valence-electron chi connectivity index (χ2n) is 4.07. The number of carboxylic acids is 1. The predicted octanol–water partition coefficient (Wildman–Crippen LogP) is 0.625. The first-order valence-electron chi connectivity index (χ1n) is 6.00. The van der Waals surface area contributed by atoms with Gasteiger partial charge in [0.25, 0.3) is 0 Å². The number of nitrogens with zero attached hydrogens (tertiary/aromatic N) is 1. The van der Waals surface area contributed by atoms with E-state index >= 15 is 0 Å². The highest BCUT2D eigenvalue weighted by atomic mass is 32.2. The summed E-state index contributed by atoms with van der Waals surface area (Å²) in [5.74, 6) is 0.828. The number of carbonyl (C=O) groups is 2. The summed E-state index contributed by atoms with van der Waals surface area (Å²) in [6.45, 7) is 1.86. The lowest BCUT2D eigenvalue weighted by atomic mass is 10.1. The molecule has 1 saturated heterocycles. The Bertz CT molecular complexity index is 282. The fourth-order valence-electron chi connectivity index (χ4n) is 1.70. The Morgan fingerprint density at radius 1 is 1.44 bits per heavy atom. The van der Waals surface area contributed by atoms with Crippen LogP contribution in [0.2, 0.25) is 0 Å². The maximum absolute atomic E-state index is 11.9. The minimum atomic E-state index is -0.995. The van der Waals surface area contributed by atoms with Crippen molar-refractivity contribution >= 4 is 23.8 Å². The topological polar surface area (TPSA) is 78.9 Å². The van der Waals surface area contributed by atoms with E-state index in [4.69, 9.17) is 9.84 Å². The Kier molecular flexibility index (Phi) is 6.89. The number of ether oxygens (including phenoxy) is 1. The number of carboxylic acid groups (broad SMARTS) is 1. The van der Waals surface area contributed by atoms with E-state index < -0.39 is 12.0 Å². The highest BCUT2D eigenvalue weighted by Crippen LogP contribution is 2.09. The quantitative estimate of drug-likeness (QED) is 0.695. The number of aliphatic carboxylic acids is 1. The highest BCUT2D eigenvalue weighted by molar-refractivity contribution is 7.99. The average Bonchev–Trinajstić information content (AvgIpc) is 2.38. The minimum absolute atomic E-state index is 0.278. The monoisotopic (exact) mass is 276 g/mol. The van der Waals surface area contributed by atoms with E-state index in [9.17, 15) is 9.59 Å². The minimum Gasteiger partial charge on any atom is -0.480 e. The van der Waals surface area contributed by atoms with Crippen molar-refractivity contribution in [3.63, 3.8) is 0 Å². The van der Waals surface area contributed by atoms with Gasteiger partial charge >= 0.3 is 12.0 Å². The predicted molar refractivity (Wildman–Crippen MR) is 70.0 cm³/mol. The van der Waals surface area contributed by atoms with Crippen LogP contribution in [0.4, 0.5) is 4.79 Å². The summed E-state index contributed by atoms with van der Waals surface area (Å²) < 4.78 is 4.87. The molecule has 6 nitrogen and oxygen atoms in total. The number of amides is 2. The zero-order valence-electron chi connectivity index (χ0n) is 10.6. The number of rotatable bonds is 6. The van der Waals surface area contributed by atoms with Gasteiger partial charge in [0.1, 0.15) is 6.04 Å². The van der Waals surface area contributed by atoms with Gasteiger partial charge < -0.3 is 20.1 Å². The maximum Gasteiger partial charge on any atom is 0.326 e. The lowest BCUT2D eigenvalue weighted by molar-refractivity contribution is -0.139. The zero-order chi connectivity index (χ0) is 13.4. The van der Waals surface area contributed by atoms with Crippen LogP contribution in [0.1, 0.15) is 12.8 Å². The molecule has 2 amide bonds. The van der Waals surface area contributed by atoms with Crippen molar-refractivity contribution in [2.75, 3.05) is 38.3 Å². The van der Waals surface area contributed by atoms with Crippen LogP contribution in [0.3, 0.4) is 0 Å². The Hall–Kier alpha value is -0.950. The number of thioether (sulfide) groups is 1. The van der Waals surface area contributed by atoms with Crippen LogP contribution in [0.25, 0.3) is 0 Å². The molecule has 0 aromatic rings. The van der Waals surface area contributed by atoms with Crippen molar-refractivity contribution in [2.24, 2.45) is 0 Å². The van der Waals surface area contributed by atoms with Gasteiger partial charge in [-0.25, -0.2) is 9.59 Å². The highest BCUT2D eigenvalue weighted by Gasteiger charge is 2.23. The number of methoxy groups -OCH3 is 1. The molecule has 0 spiro atoms. The fourth-order valence-corrected chi connectivity index (χ4v) is 2.60. The van der Waals surface area contributed by atoms with E-state index in [-0.39, 0.29) is 6.03 Å². The first-order chi connectivity index (χ1) is 8.65. The van der Waals surface area contributed by atoms with Crippen molar-refractivity contribution in [1.82, 2.24) is 10.2 Å². The summed E-state index contributed by atoms with van der Waals surface area (Å²) in [5, 5.41) is 11.6. The molecule has 1 rings (SSSR count). The Labute approximate surface area is 111 Å². The summed E-state index contributed by atoms with van der Waals surface area (Å²) in [7, 11) is 1.57. The van der Waals surface area contributed by atoms with E-state index in [1.54, 1.807) is 23.8 Å². The third-order valence-electron chi connectivity index (χ3n) is 2.74. The second-order valence-corrected chi connectivity index (χ2v) is 5.30. The molecule has 1 aliphatic heterocycles. The van der Waals surface area contributed by atoms with Gasteiger partial charge in [-0.05, 0) is 12.8 Å². The molecule has 18 heavy (non-hydrogen) atoms. The first kappa shape index (κ1) is 15.1. The average molecular weight is 276 g/mol. The lowest BCUT2D eigenvalue weighted by Crippen LogP contribution is -2.50. The zero-order valence-corrected chi connectivity index (χ0v) is 11.4. The Morgan fingerprint density at radius 3 is 2.67 bits per heavy atom. The molecule has 104 valence electrons. The molecule has 1 aliphatic rings.